The second-order valence-corrected chi connectivity index (χ2v) is 7.39. The van der Waals surface area contributed by atoms with Crippen molar-refractivity contribution in [1.29, 1.82) is 0 Å². The van der Waals surface area contributed by atoms with Gasteiger partial charge < -0.3 is 5.32 Å². The summed E-state index contributed by atoms with van der Waals surface area (Å²) in [5, 5.41) is 3.32. The Kier molecular flexibility index (Phi) is 4.59. The van der Waals surface area contributed by atoms with Crippen LogP contribution in [-0.2, 0) is 6.18 Å². The standard InChI is InChI=1S/C17H12BrF3N2OS/c1-8-3-5-12(11(18)7-8)22-15(24)14-9(2)10-4-6-13(17(19,20)21)23-16(10)25-14/h3-7H,1-2H3,(H,22,24). The predicted octanol–water partition coefficient (Wildman–Crippen LogP) is 5.95. The average molecular weight is 429 g/mol. The average Bonchev–Trinajstić information content (AvgIpc) is 2.86. The number of benzene rings is 1. The third-order valence-electron chi connectivity index (χ3n) is 3.67. The van der Waals surface area contributed by atoms with Crippen LogP contribution in [0.1, 0.15) is 26.5 Å². The summed E-state index contributed by atoms with van der Waals surface area (Å²) in [4.78, 5) is 16.7. The lowest BCUT2D eigenvalue weighted by molar-refractivity contribution is -0.140. The molecule has 0 saturated carbocycles. The van der Waals surface area contributed by atoms with Crippen molar-refractivity contribution in [3.05, 3.63) is 56.5 Å². The van der Waals surface area contributed by atoms with Gasteiger partial charge in [0.2, 0.25) is 0 Å². The highest BCUT2D eigenvalue weighted by Crippen LogP contribution is 2.35. The van der Waals surface area contributed by atoms with E-state index in [4.69, 9.17) is 0 Å². The summed E-state index contributed by atoms with van der Waals surface area (Å²) < 4.78 is 39.1. The SMILES string of the molecule is Cc1ccc(NC(=O)c2sc3nc(C(F)(F)F)ccc3c2C)c(Br)c1. The molecule has 1 amide bonds. The van der Waals surface area contributed by atoms with E-state index in [0.29, 0.717) is 21.5 Å². The van der Waals surface area contributed by atoms with Crippen LogP contribution in [0.25, 0.3) is 10.2 Å². The maximum atomic E-state index is 12.8. The molecule has 3 rings (SSSR count). The van der Waals surface area contributed by atoms with E-state index in [1.807, 2.05) is 19.1 Å². The lowest BCUT2D eigenvalue weighted by Gasteiger charge is -2.07. The van der Waals surface area contributed by atoms with Crippen molar-refractivity contribution in [2.24, 2.45) is 0 Å². The van der Waals surface area contributed by atoms with Crippen molar-refractivity contribution in [2.45, 2.75) is 20.0 Å². The highest BCUT2D eigenvalue weighted by atomic mass is 79.9. The number of rotatable bonds is 2. The third-order valence-corrected chi connectivity index (χ3v) is 5.53. The Hall–Kier alpha value is -1.93. The quantitative estimate of drug-likeness (QED) is 0.547. The van der Waals surface area contributed by atoms with Gasteiger partial charge in [-0.05, 0) is 65.2 Å². The molecule has 0 bridgehead atoms. The molecule has 2 aromatic heterocycles. The van der Waals surface area contributed by atoms with E-state index in [-0.39, 0.29) is 10.7 Å². The normalized spacial score (nSPS) is 11.8. The molecule has 0 spiro atoms. The Balaban J connectivity index is 1.97. The van der Waals surface area contributed by atoms with Crippen LogP contribution in [0.15, 0.2) is 34.8 Å². The van der Waals surface area contributed by atoms with Crippen LogP contribution in [0.4, 0.5) is 18.9 Å². The van der Waals surface area contributed by atoms with E-state index < -0.39 is 11.9 Å². The fraction of sp³-hybridized carbons (Fsp3) is 0.176. The first-order chi connectivity index (χ1) is 11.7. The second kappa shape index (κ2) is 6.42. The van der Waals surface area contributed by atoms with E-state index in [1.54, 1.807) is 13.0 Å². The Morgan fingerprint density at radius 1 is 1.20 bits per heavy atom. The van der Waals surface area contributed by atoms with Crippen molar-refractivity contribution < 1.29 is 18.0 Å². The van der Waals surface area contributed by atoms with Crippen molar-refractivity contribution >= 4 is 49.1 Å². The number of nitrogens with zero attached hydrogens (tertiary/aromatic N) is 1. The summed E-state index contributed by atoms with van der Waals surface area (Å²) in [6.45, 7) is 3.63. The molecule has 3 nitrogen and oxygen atoms in total. The van der Waals surface area contributed by atoms with E-state index in [1.165, 1.54) is 6.07 Å². The van der Waals surface area contributed by atoms with Crippen molar-refractivity contribution in [1.82, 2.24) is 4.98 Å². The highest BCUT2D eigenvalue weighted by Gasteiger charge is 2.33. The number of hydrogen-bond acceptors (Lipinski definition) is 3. The lowest BCUT2D eigenvalue weighted by atomic mass is 10.1. The molecule has 1 aromatic carbocycles. The summed E-state index contributed by atoms with van der Waals surface area (Å²) in [6, 6.07) is 7.77. The Labute approximate surface area is 154 Å². The minimum Gasteiger partial charge on any atom is -0.320 e. The van der Waals surface area contributed by atoms with Crippen molar-refractivity contribution in [3.8, 4) is 0 Å². The number of aryl methyl sites for hydroxylation is 2. The Morgan fingerprint density at radius 3 is 2.56 bits per heavy atom. The first-order valence-electron chi connectivity index (χ1n) is 7.21. The zero-order chi connectivity index (χ0) is 18.4. The molecule has 0 fully saturated rings. The van der Waals surface area contributed by atoms with Gasteiger partial charge in [0.1, 0.15) is 10.5 Å². The molecule has 0 aliphatic rings. The van der Waals surface area contributed by atoms with Crippen LogP contribution < -0.4 is 5.32 Å². The number of nitrogens with one attached hydrogen (secondary N) is 1. The maximum absolute atomic E-state index is 12.8. The Bertz CT molecular complexity index is 982. The van der Waals surface area contributed by atoms with Crippen LogP contribution in [0.2, 0.25) is 0 Å². The molecule has 0 aliphatic heterocycles. The third kappa shape index (κ3) is 3.55. The summed E-state index contributed by atoms with van der Waals surface area (Å²) in [5.74, 6) is -0.376. The molecule has 8 heteroatoms. The van der Waals surface area contributed by atoms with E-state index in [2.05, 4.69) is 26.2 Å². The van der Waals surface area contributed by atoms with Gasteiger partial charge in [0, 0.05) is 9.86 Å². The van der Waals surface area contributed by atoms with Gasteiger partial charge in [0.15, 0.2) is 0 Å². The van der Waals surface area contributed by atoms with Gasteiger partial charge in [-0.3, -0.25) is 4.79 Å². The fourth-order valence-corrected chi connectivity index (χ4v) is 4.04. The van der Waals surface area contributed by atoms with Crippen molar-refractivity contribution in [2.75, 3.05) is 5.32 Å². The molecular weight excluding hydrogens is 417 g/mol. The summed E-state index contributed by atoms with van der Waals surface area (Å²) in [6.07, 6.45) is -4.51. The number of carbonyl (C=O) groups excluding carboxylic acids is 1. The number of carbonyl (C=O) groups is 1. The lowest BCUT2D eigenvalue weighted by Crippen LogP contribution is -2.11. The van der Waals surface area contributed by atoms with E-state index in [0.717, 1.165) is 27.4 Å². The van der Waals surface area contributed by atoms with Crippen LogP contribution in [0.5, 0.6) is 0 Å². The number of thiophene rings is 1. The first-order valence-corrected chi connectivity index (χ1v) is 8.82. The molecule has 0 atom stereocenters. The number of alkyl halides is 3. The van der Waals surface area contributed by atoms with Gasteiger partial charge in [-0.15, -0.1) is 11.3 Å². The molecule has 1 N–H and O–H groups in total. The van der Waals surface area contributed by atoms with Crippen LogP contribution in [0.3, 0.4) is 0 Å². The minimum absolute atomic E-state index is 0.195. The minimum atomic E-state index is -4.51. The molecule has 0 saturated heterocycles. The zero-order valence-electron chi connectivity index (χ0n) is 13.2. The smallest absolute Gasteiger partial charge is 0.320 e. The maximum Gasteiger partial charge on any atom is 0.433 e. The number of anilines is 1. The number of hydrogen-bond donors (Lipinski definition) is 1. The summed E-state index contributed by atoms with van der Waals surface area (Å²) >= 11 is 4.34. The number of fused-ring (bicyclic) bond motifs is 1. The first kappa shape index (κ1) is 17.9. The largest absolute Gasteiger partial charge is 0.433 e. The van der Waals surface area contributed by atoms with E-state index >= 15 is 0 Å². The molecule has 3 aromatic rings. The molecule has 2 heterocycles. The highest BCUT2D eigenvalue weighted by molar-refractivity contribution is 9.10. The van der Waals surface area contributed by atoms with Gasteiger partial charge in [0.05, 0.1) is 10.6 Å². The monoisotopic (exact) mass is 428 g/mol. The fourth-order valence-electron chi connectivity index (χ4n) is 2.37. The van der Waals surface area contributed by atoms with Gasteiger partial charge in [-0.2, -0.15) is 13.2 Å². The Morgan fingerprint density at radius 2 is 1.92 bits per heavy atom. The van der Waals surface area contributed by atoms with E-state index in [9.17, 15) is 18.0 Å². The molecule has 0 unspecified atom stereocenters. The second-order valence-electron chi connectivity index (χ2n) is 5.54. The topological polar surface area (TPSA) is 42.0 Å². The number of amides is 1. The number of halogens is 4. The predicted molar refractivity (Wildman–Crippen MR) is 96.2 cm³/mol. The number of pyridine rings is 1. The van der Waals surface area contributed by atoms with Crippen LogP contribution in [0, 0.1) is 13.8 Å². The molecular formula is C17H12BrF3N2OS. The van der Waals surface area contributed by atoms with Crippen molar-refractivity contribution in [3.63, 3.8) is 0 Å². The summed E-state index contributed by atoms with van der Waals surface area (Å²) in [7, 11) is 0. The number of aromatic nitrogens is 1. The molecule has 0 aliphatic carbocycles. The van der Waals surface area contributed by atoms with Gasteiger partial charge in [0.25, 0.3) is 5.91 Å². The van der Waals surface area contributed by atoms with Crippen LogP contribution >= 0.6 is 27.3 Å². The molecule has 130 valence electrons. The van der Waals surface area contributed by atoms with Crippen LogP contribution in [-0.4, -0.2) is 10.9 Å². The zero-order valence-corrected chi connectivity index (χ0v) is 15.6. The van der Waals surface area contributed by atoms with Gasteiger partial charge in [-0.1, -0.05) is 6.07 Å². The summed E-state index contributed by atoms with van der Waals surface area (Å²) in [5.41, 5.74) is 1.28. The molecule has 25 heavy (non-hydrogen) atoms. The van der Waals surface area contributed by atoms with Gasteiger partial charge in [-0.25, -0.2) is 4.98 Å². The van der Waals surface area contributed by atoms with Gasteiger partial charge >= 0.3 is 6.18 Å². The molecule has 0 radical (unpaired) electrons.